The number of pyridine rings is 1. The number of benzene rings is 3. The summed E-state index contributed by atoms with van der Waals surface area (Å²) in [6.45, 7) is 3.33. The molecule has 0 atom stereocenters. The fourth-order valence-electron chi connectivity index (χ4n) is 4.77. The van der Waals surface area contributed by atoms with Crippen LogP contribution in [-0.2, 0) is 19.4 Å². The molecule has 1 aliphatic carbocycles. The number of nitrogens with zero attached hydrogens (tertiary/aromatic N) is 1. The summed E-state index contributed by atoms with van der Waals surface area (Å²) in [5.74, 6) is 0. The number of aromatic nitrogens is 1. The van der Waals surface area contributed by atoms with Gasteiger partial charge in [0, 0.05) is 29.2 Å². The van der Waals surface area contributed by atoms with Gasteiger partial charge >= 0.3 is 0 Å². The van der Waals surface area contributed by atoms with E-state index in [0.29, 0.717) is 0 Å². The molecule has 2 heteroatoms. The van der Waals surface area contributed by atoms with Crippen LogP contribution in [0.1, 0.15) is 30.9 Å². The summed E-state index contributed by atoms with van der Waals surface area (Å²) in [5.41, 5.74) is 11.1. The molecule has 1 aliphatic rings. The molecule has 5 rings (SSSR count). The molecule has 3 aromatic carbocycles. The van der Waals surface area contributed by atoms with Crippen molar-refractivity contribution in [3.05, 3.63) is 102 Å². The molecule has 0 unspecified atom stereocenters. The average molecular weight is 470 g/mol. The number of hydrogen-bond acceptors (Lipinski definition) is 0. The van der Waals surface area contributed by atoms with Crippen molar-refractivity contribution < 1.29 is 21.5 Å². The van der Waals surface area contributed by atoms with Gasteiger partial charge in [-0.2, -0.15) is 4.57 Å². The van der Waals surface area contributed by atoms with Crippen LogP contribution < -0.4 is 21.5 Å². The van der Waals surface area contributed by atoms with Crippen LogP contribution in [0.3, 0.4) is 0 Å². The summed E-state index contributed by atoms with van der Waals surface area (Å²) in [5, 5.41) is 0. The molecule has 0 amide bonds. The SMILES string of the molecule is CCCC[n+]1c(-c2ccccc2)cc(-c2ccccc2)c2c1-c1ccccc1CC2.[Br-]. The Kier molecular flexibility index (Phi) is 6.67. The van der Waals surface area contributed by atoms with Crippen LogP contribution in [0.2, 0.25) is 0 Å². The maximum atomic E-state index is 2.60. The first kappa shape index (κ1) is 21.5. The molecule has 1 heterocycles. The highest BCUT2D eigenvalue weighted by Gasteiger charge is 2.31. The predicted octanol–water partition coefficient (Wildman–Crippen LogP) is 3.88. The molecule has 0 aliphatic heterocycles. The van der Waals surface area contributed by atoms with Gasteiger partial charge in [-0.05, 0) is 47.7 Å². The molecule has 0 radical (unpaired) electrons. The lowest BCUT2D eigenvalue weighted by molar-refractivity contribution is -0.676. The highest BCUT2D eigenvalue weighted by Crippen LogP contribution is 2.39. The van der Waals surface area contributed by atoms with E-state index < -0.39 is 0 Å². The van der Waals surface area contributed by atoms with Crippen LogP contribution >= 0.6 is 0 Å². The minimum Gasteiger partial charge on any atom is -1.00 e. The zero-order valence-corrected chi connectivity index (χ0v) is 19.6. The Hall–Kier alpha value is -2.71. The van der Waals surface area contributed by atoms with E-state index in [1.165, 1.54) is 57.6 Å². The van der Waals surface area contributed by atoms with Crippen molar-refractivity contribution in [1.82, 2.24) is 0 Å². The standard InChI is InChI=1S/C29H28N.BrH/c1-2-3-20-30-28(24-15-8-5-9-16-24)21-27(22-12-6-4-7-13-22)26-19-18-23-14-10-11-17-25(23)29(26)30;/h4-17,21H,2-3,18-20H2,1H3;1H/q+1;/p-1. The first-order valence-electron chi connectivity index (χ1n) is 11.2. The van der Waals surface area contributed by atoms with Gasteiger partial charge in [-0.15, -0.1) is 0 Å². The molecule has 0 spiro atoms. The minimum atomic E-state index is 0. The first-order chi connectivity index (χ1) is 14.9. The van der Waals surface area contributed by atoms with Crippen molar-refractivity contribution in [2.75, 3.05) is 0 Å². The molecule has 4 aromatic rings. The molecule has 31 heavy (non-hydrogen) atoms. The second kappa shape index (κ2) is 9.62. The highest BCUT2D eigenvalue weighted by molar-refractivity contribution is 5.80. The number of halogens is 1. The van der Waals surface area contributed by atoms with Crippen LogP contribution in [0.15, 0.2) is 91.0 Å². The number of aryl methyl sites for hydroxylation is 1. The lowest BCUT2D eigenvalue weighted by Gasteiger charge is -2.23. The van der Waals surface area contributed by atoms with E-state index in [9.17, 15) is 0 Å². The van der Waals surface area contributed by atoms with E-state index in [4.69, 9.17) is 0 Å². The number of rotatable bonds is 5. The molecule has 0 fully saturated rings. The van der Waals surface area contributed by atoms with E-state index >= 15 is 0 Å². The molecule has 1 aromatic heterocycles. The summed E-state index contributed by atoms with van der Waals surface area (Å²) >= 11 is 0. The van der Waals surface area contributed by atoms with Crippen molar-refractivity contribution >= 4 is 0 Å². The summed E-state index contributed by atoms with van der Waals surface area (Å²) < 4.78 is 2.60. The van der Waals surface area contributed by atoms with Crippen LogP contribution in [-0.4, -0.2) is 0 Å². The van der Waals surface area contributed by atoms with Crippen molar-refractivity contribution in [1.29, 1.82) is 0 Å². The predicted molar refractivity (Wildman–Crippen MR) is 125 cm³/mol. The Bertz CT molecular complexity index is 1170. The lowest BCUT2D eigenvalue weighted by atomic mass is 9.83. The van der Waals surface area contributed by atoms with Crippen molar-refractivity contribution in [2.24, 2.45) is 0 Å². The van der Waals surface area contributed by atoms with E-state index in [1.54, 1.807) is 0 Å². The van der Waals surface area contributed by atoms with Crippen molar-refractivity contribution in [2.45, 2.75) is 39.2 Å². The van der Waals surface area contributed by atoms with Gasteiger partial charge in [0.05, 0.1) is 0 Å². The monoisotopic (exact) mass is 469 g/mol. The van der Waals surface area contributed by atoms with Gasteiger partial charge in [-0.3, -0.25) is 0 Å². The summed E-state index contributed by atoms with van der Waals surface area (Å²) in [6.07, 6.45) is 4.58. The second-order valence-electron chi connectivity index (χ2n) is 8.16. The number of hydrogen-bond donors (Lipinski definition) is 0. The van der Waals surface area contributed by atoms with Gasteiger partial charge in [-0.25, -0.2) is 0 Å². The van der Waals surface area contributed by atoms with E-state index in [2.05, 4.69) is 102 Å². The molecule has 0 bridgehead atoms. The van der Waals surface area contributed by atoms with Gasteiger partial charge in [0.2, 0.25) is 11.4 Å². The maximum absolute atomic E-state index is 2.60. The third kappa shape index (κ3) is 4.09. The zero-order valence-electron chi connectivity index (χ0n) is 18.0. The van der Waals surface area contributed by atoms with Crippen LogP contribution in [0.5, 0.6) is 0 Å². The van der Waals surface area contributed by atoms with E-state index in [0.717, 1.165) is 19.4 Å². The fraction of sp³-hybridized carbons (Fsp3) is 0.207. The number of unbranched alkanes of at least 4 members (excludes halogenated alkanes) is 1. The highest BCUT2D eigenvalue weighted by atomic mass is 79.9. The topological polar surface area (TPSA) is 3.88 Å². The minimum absolute atomic E-state index is 0. The van der Waals surface area contributed by atoms with Gasteiger partial charge in [-0.1, -0.05) is 80.1 Å². The van der Waals surface area contributed by atoms with Gasteiger partial charge in [0.15, 0.2) is 0 Å². The Morgan fingerprint density at radius 1 is 0.710 bits per heavy atom. The van der Waals surface area contributed by atoms with E-state index in [-0.39, 0.29) is 17.0 Å². The summed E-state index contributed by atoms with van der Waals surface area (Å²) in [7, 11) is 0. The first-order valence-corrected chi connectivity index (χ1v) is 11.2. The van der Waals surface area contributed by atoms with Crippen molar-refractivity contribution in [3.63, 3.8) is 0 Å². The zero-order chi connectivity index (χ0) is 20.3. The lowest BCUT2D eigenvalue weighted by Crippen LogP contribution is -3.00. The second-order valence-corrected chi connectivity index (χ2v) is 8.16. The van der Waals surface area contributed by atoms with E-state index in [1.807, 2.05) is 0 Å². The smallest absolute Gasteiger partial charge is 0.217 e. The van der Waals surface area contributed by atoms with Crippen LogP contribution in [0, 0.1) is 0 Å². The maximum Gasteiger partial charge on any atom is 0.217 e. The summed E-state index contributed by atoms with van der Waals surface area (Å²) in [6, 6.07) is 33.2. The Morgan fingerprint density at radius 2 is 1.35 bits per heavy atom. The van der Waals surface area contributed by atoms with Crippen molar-refractivity contribution in [3.8, 4) is 33.6 Å². The fourth-order valence-corrected chi connectivity index (χ4v) is 4.77. The Labute approximate surface area is 196 Å². The normalized spacial score (nSPS) is 11.9. The van der Waals surface area contributed by atoms with Crippen LogP contribution in [0.4, 0.5) is 0 Å². The molecular formula is C29H28BrN. The Balaban J connectivity index is 0.00000231. The quantitative estimate of drug-likeness (QED) is 0.390. The molecule has 0 saturated heterocycles. The third-order valence-electron chi connectivity index (χ3n) is 6.26. The number of fused-ring (bicyclic) bond motifs is 3. The molecular weight excluding hydrogens is 442 g/mol. The third-order valence-corrected chi connectivity index (χ3v) is 6.26. The molecule has 1 nitrogen and oxygen atoms in total. The largest absolute Gasteiger partial charge is 1.00 e. The Morgan fingerprint density at radius 3 is 2.06 bits per heavy atom. The molecule has 0 saturated carbocycles. The molecule has 0 N–H and O–H groups in total. The van der Waals surface area contributed by atoms with Gasteiger partial charge < -0.3 is 17.0 Å². The average Bonchev–Trinajstić information content (AvgIpc) is 2.83. The summed E-state index contributed by atoms with van der Waals surface area (Å²) in [4.78, 5) is 0. The van der Waals surface area contributed by atoms with Crippen LogP contribution in [0.25, 0.3) is 33.6 Å². The molecule has 156 valence electrons. The van der Waals surface area contributed by atoms with Gasteiger partial charge in [0.1, 0.15) is 6.54 Å². The van der Waals surface area contributed by atoms with Gasteiger partial charge in [0.25, 0.3) is 0 Å².